The summed E-state index contributed by atoms with van der Waals surface area (Å²) in [7, 11) is 0. The first-order chi connectivity index (χ1) is 9.25. The Morgan fingerprint density at radius 3 is 2.68 bits per heavy atom. The highest BCUT2D eigenvalue weighted by molar-refractivity contribution is 5.56. The zero-order chi connectivity index (χ0) is 13.2. The molecule has 19 heavy (non-hydrogen) atoms. The monoisotopic (exact) mass is 262 g/mol. The largest absolute Gasteiger partial charge is 0.453 e. The summed E-state index contributed by atoms with van der Waals surface area (Å²) in [6.45, 7) is 10.2. The van der Waals surface area contributed by atoms with Gasteiger partial charge in [0.15, 0.2) is 11.5 Å². The van der Waals surface area contributed by atoms with Crippen molar-refractivity contribution in [2.75, 3.05) is 39.5 Å². The lowest BCUT2D eigenvalue weighted by molar-refractivity contribution is 0.172. The van der Waals surface area contributed by atoms with E-state index in [1.807, 2.05) is 0 Å². The van der Waals surface area contributed by atoms with E-state index in [4.69, 9.17) is 9.47 Å². The molecule has 1 aromatic rings. The van der Waals surface area contributed by atoms with Crippen LogP contribution in [0.5, 0.6) is 11.5 Å². The van der Waals surface area contributed by atoms with Crippen LogP contribution in [0.1, 0.15) is 16.7 Å². The fourth-order valence-electron chi connectivity index (χ4n) is 2.81. The van der Waals surface area contributed by atoms with Crippen LogP contribution in [0.25, 0.3) is 0 Å². The molecular formula is C15H22N2O2. The maximum Gasteiger partial charge on any atom is 0.231 e. The van der Waals surface area contributed by atoms with Gasteiger partial charge < -0.3 is 19.7 Å². The van der Waals surface area contributed by atoms with Crippen molar-refractivity contribution >= 4 is 0 Å². The number of rotatable bonds is 3. The molecule has 0 aliphatic carbocycles. The molecule has 2 aliphatic rings. The van der Waals surface area contributed by atoms with Crippen molar-refractivity contribution in [1.82, 2.24) is 10.2 Å². The van der Waals surface area contributed by atoms with Crippen LogP contribution < -0.4 is 14.8 Å². The maximum atomic E-state index is 5.65. The highest BCUT2D eigenvalue weighted by Crippen LogP contribution is 2.40. The minimum atomic E-state index is 0.361. The van der Waals surface area contributed by atoms with E-state index in [-0.39, 0.29) is 0 Å². The van der Waals surface area contributed by atoms with Crippen molar-refractivity contribution in [3.63, 3.8) is 0 Å². The first-order valence-corrected chi connectivity index (χ1v) is 7.07. The molecule has 104 valence electrons. The lowest BCUT2D eigenvalue weighted by atomic mass is 10.0. The van der Waals surface area contributed by atoms with E-state index in [0.29, 0.717) is 6.79 Å². The van der Waals surface area contributed by atoms with Crippen molar-refractivity contribution in [1.29, 1.82) is 0 Å². The van der Waals surface area contributed by atoms with Crippen molar-refractivity contribution < 1.29 is 9.47 Å². The quantitative estimate of drug-likeness (QED) is 0.894. The molecule has 0 bridgehead atoms. The van der Waals surface area contributed by atoms with E-state index in [2.05, 4.69) is 30.1 Å². The Morgan fingerprint density at radius 1 is 1.16 bits per heavy atom. The Hall–Kier alpha value is -1.26. The SMILES string of the molecule is Cc1cc(CCN2CCNCC2)c2c(c1C)OCO2. The average Bonchev–Trinajstić information content (AvgIpc) is 2.92. The normalized spacial score (nSPS) is 18.8. The molecule has 4 nitrogen and oxygen atoms in total. The summed E-state index contributed by atoms with van der Waals surface area (Å²) in [6, 6.07) is 2.26. The second-order valence-electron chi connectivity index (χ2n) is 5.38. The van der Waals surface area contributed by atoms with E-state index in [9.17, 15) is 0 Å². The first-order valence-electron chi connectivity index (χ1n) is 7.07. The fourth-order valence-corrected chi connectivity index (χ4v) is 2.81. The van der Waals surface area contributed by atoms with Gasteiger partial charge in [-0.3, -0.25) is 0 Å². The average molecular weight is 262 g/mol. The fraction of sp³-hybridized carbons (Fsp3) is 0.600. The summed E-state index contributed by atoms with van der Waals surface area (Å²) in [6.07, 6.45) is 1.03. The van der Waals surface area contributed by atoms with Gasteiger partial charge in [0.25, 0.3) is 0 Å². The van der Waals surface area contributed by atoms with Gasteiger partial charge in [0.2, 0.25) is 6.79 Å². The second kappa shape index (κ2) is 5.39. The number of aryl methyl sites for hydroxylation is 1. The number of fused-ring (bicyclic) bond motifs is 1. The summed E-state index contributed by atoms with van der Waals surface area (Å²) >= 11 is 0. The number of nitrogens with zero attached hydrogens (tertiary/aromatic N) is 1. The number of ether oxygens (including phenoxy) is 2. The van der Waals surface area contributed by atoms with E-state index in [0.717, 1.165) is 50.6 Å². The maximum absolute atomic E-state index is 5.65. The van der Waals surface area contributed by atoms with Gasteiger partial charge in [-0.15, -0.1) is 0 Å². The third-order valence-corrected chi connectivity index (χ3v) is 4.13. The highest BCUT2D eigenvalue weighted by Gasteiger charge is 2.22. The van der Waals surface area contributed by atoms with Crippen LogP contribution in [0.15, 0.2) is 6.07 Å². The number of hydrogen-bond acceptors (Lipinski definition) is 4. The molecule has 0 aromatic heterocycles. The topological polar surface area (TPSA) is 33.7 Å². The van der Waals surface area contributed by atoms with Crippen LogP contribution in [0.4, 0.5) is 0 Å². The Balaban J connectivity index is 1.74. The van der Waals surface area contributed by atoms with Crippen molar-refractivity contribution in [3.8, 4) is 11.5 Å². The Bertz CT molecular complexity index is 468. The lowest BCUT2D eigenvalue weighted by Gasteiger charge is -2.27. The Kier molecular flexibility index (Phi) is 3.62. The predicted octanol–water partition coefficient (Wildman–Crippen LogP) is 1.48. The van der Waals surface area contributed by atoms with Gasteiger partial charge in [-0.1, -0.05) is 6.07 Å². The molecule has 1 N–H and O–H groups in total. The molecule has 0 saturated carbocycles. The zero-order valence-electron chi connectivity index (χ0n) is 11.8. The van der Waals surface area contributed by atoms with Gasteiger partial charge in [0.1, 0.15) is 0 Å². The van der Waals surface area contributed by atoms with Crippen molar-refractivity contribution in [3.05, 3.63) is 22.8 Å². The van der Waals surface area contributed by atoms with Crippen molar-refractivity contribution in [2.24, 2.45) is 0 Å². The first kappa shape index (κ1) is 12.8. The van der Waals surface area contributed by atoms with E-state index < -0.39 is 0 Å². The lowest BCUT2D eigenvalue weighted by Crippen LogP contribution is -2.44. The van der Waals surface area contributed by atoms with Gasteiger partial charge in [-0.2, -0.15) is 0 Å². The second-order valence-corrected chi connectivity index (χ2v) is 5.38. The number of piperazine rings is 1. The third kappa shape index (κ3) is 2.55. The summed E-state index contributed by atoms with van der Waals surface area (Å²) in [4.78, 5) is 2.51. The smallest absolute Gasteiger partial charge is 0.231 e. The van der Waals surface area contributed by atoms with Crippen LogP contribution in [0, 0.1) is 13.8 Å². The Labute approximate surface area is 114 Å². The summed E-state index contributed by atoms with van der Waals surface area (Å²) < 4.78 is 11.2. The molecule has 0 atom stereocenters. The van der Waals surface area contributed by atoms with Gasteiger partial charge in [-0.25, -0.2) is 0 Å². The molecule has 2 heterocycles. The molecular weight excluding hydrogens is 240 g/mol. The summed E-state index contributed by atoms with van der Waals surface area (Å²) in [5.41, 5.74) is 3.78. The zero-order valence-corrected chi connectivity index (χ0v) is 11.8. The molecule has 4 heteroatoms. The molecule has 0 amide bonds. The van der Waals surface area contributed by atoms with Crippen LogP contribution in [0.3, 0.4) is 0 Å². The van der Waals surface area contributed by atoms with E-state index in [1.165, 1.54) is 16.7 Å². The molecule has 2 aliphatic heterocycles. The van der Waals surface area contributed by atoms with Gasteiger partial charge in [0, 0.05) is 32.7 Å². The molecule has 0 spiro atoms. The number of nitrogens with one attached hydrogen (secondary N) is 1. The molecule has 1 saturated heterocycles. The standard InChI is InChI=1S/C15H22N2O2/c1-11-9-13(3-6-17-7-4-16-5-8-17)15-14(12(11)2)18-10-19-15/h9,16H,3-8,10H2,1-2H3. The summed E-state index contributed by atoms with van der Waals surface area (Å²) in [5, 5.41) is 3.38. The summed E-state index contributed by atoms with van der Waals surface area (Å²) in [5.74, 6) is 1.92. The van der Waals surface area contributed by atoms with E-state index >= 15 is 0 Å². The van der Waals surface area contributed by atoms with Gasteiger partial charge >= 0.3 is 0 Å². The molecule has 3 rings (SSSR count). The van der Waals surface area contributed by atoms with Gasteiger partial charge in [0.05, 0.1) is 0 Å². The van der Waals surface area contributed by atoms with Crippen LogP contribution in [0.2, 0.25) is 0 Å². The number of benzene rings is 1. The number of hydrogen-bond donors (Lipinski definition) is 1. The third-order valence-electron chi connectivity index (χ3n) is 4.13. The predicted molar refractivity (Wildman–Crippen MR) is 75.1 cm³/mol. The minimum Gasteiger partial charge on any atom is -0.453 e. The minimum absolute atomic E-state index is 0.361. The van der Waals surface area contributed by atoms with Crippen LogP contribution in [-0.2, 0) is 6.42 Å². The molecule has 0 radical (unpaired) electrons. The molecule has 1 aromatic carbocycles. The van der Waals surface area contributed by atoms with Crippen molar-refractivity contribution in [2.45, 2.75) is 20.3 Å². The Morgan fingerprint density at radius 2 is 1.89 bits per heavy atom. The van der Waals surface area contributed by atoms with E-state index in [1.54, 1.807) is 0 Å². The molecule has 0 unspecified atom stereocenters. The van der Waals surface area contributed by atoms with Crippen LogP contribution >= 0.6 is 0 Å². The molecule has 1 fully saturated rings. The van der Waals surface area contributed by atoms with Gasteiger partial charge in [-0.05, 0) is 37.0 Å². The highest BCUT2D eigenvalue weighted by atomic mass is 16.7. The van der Waals surface area contributed by atoms with Crippen LogP contribution in [-0.4, -0.2) is 44.4 Å².